The highest BCUT2D eigenvalue weighted by Gasteiger charge is 2.39. The SMILES string of the molecule is CC(C)(C(N)=O)c1ccc(-c2ccc(C(O)C(F)(F)F)cc2)c(F)c1. The molecule has 0 aliphatic heterocycles. The van der Waals surface area contributed by atoms with Crippen LogP contribution in [-0.4, -0.2) is 17.2 Å². The van der Waals surface area contributed by atoms with Crippen LogP contribution in [0.5, 0.6) is 0 Å². The molecular formula is C18H17F4NO2. The first-order valence-corrected chi connectivity index (χ1v) is 7.39. The summed E-state index contributed by atoms with van der Waals surface area (Å²) in [5.74, 6) is -1.24. The van der Waals surface area contributed by atoms with E-state index in [9.17, 15) is 27.5 Å². The summed E-state index contributed by atoms with van der Waals surface area (Å²) in [6.45, 7) is 3.13. The smallest absolute Gasteiger partial charge is 0.379 e. The Morgan fingerprint density at radius 3 is 2.08 bits per heavy atom. The summed E-state index contributed by atoms with van der Waals surface area (Å²) in [4.78, 5) is 11.5. The van der Waals surface area contributed by atoms with Gasteiger partial charge in [0.2, 0.25) is 5.91 Å². The summed E-state index contributed by atoms with van der Waals surface area (Å²) in [6.07, 6.45) is -7.36. The molecule has 25 heavy (non-hydrogen) atoms. The quantitative estimate of drug-likeness (QED) is 0.819. The molecule has 1 atom stereocenters. The monoisotopic (exact) mass is 355 g/mol. The molecule has 0 aliphatic rings. The lowest BCUT2D eigenvalue weighted by molar-refractivity contribution is -0.206. The van der Waals surface area contributed by atoms with Crippen molar-refractivity contribution in [2.45, 2.75) is 31.5 Å². The molecule has 2 aromatic rings. The van der Waals surface area contributed by atoms with Crippen molar-refractivity contribution < 1.29 is 27.5 Å². The fourth-order valence-electron chi connectivity index (χ4n) is 2.31. The van der Waals surface area contributed by atoms with E-state index in [1.807, 2.05) is 0 Å². The topological polar surface area (TPSA) is 63.3 Å². The van der Waals surface area contributed by atoms with Gasteiger partial charge in [0.1, 0.15) is 5.82 Å². The average molecular weight is 355 g/mol. The van der Waals surface area contributed by atoms with Crippen LogP contribution >= 0.6 is 0 Å². The number of halogens is 4. The maximum absolute atomic E-state index is 14.4. The van der Waals surface area contributed by atoms with Crippen molar-refractivity contribution >= 4 is 5.91 Å². The number of rotatable bonds is 4. The molecule has 0 fully saturated rings. The third-order valence-corrected chi connectivity index (χ3v) is 4.15. The minimum Gasteiger partial charge on any atom is -0.379 e. The van der Waals surface area contributed by atoms with Gasteiger partial charge in [0, 0.05) is 5.56 Å². The maximum Gasteiger partial charge on any atom is 0.418 e. The summed E-state index contributed by atoms with van der Waals surface area (Å²) in [5, 5.41) is 9.21. The van der Waals surface area contributed by atoms with Crippen LogP contribution in [0.15, 0.2) is 42.5 Å². The summed E-state index contributed by atoms with van der Waals surface area (Å²) in [7, 11) is 0. The second kappa shape index (κ2) is 6.48. The van der Waals surface area contributed by atoms with Crippen LogP contribution in [0.4, 0.5) is 17.6 Å². The molecule has 3 N–H and O–H groups in total. The second-order valence-electron chi connectivity index (χ2n) is 6.25. The largest absolute Gasteiger partial charge is 0.418 e. The van der Waals surface area contributed by atoms with Gasteiger partial charge >= 0.3 is 6.18 Å². The summed E-state index contributed by atoms with van der Waals surface area (Å²) in [6, 6.07) is 8.93. The average Bonchev–Trinajstić information content (AvgIpc) is 2.53. The molecule has 1 unspecified atom stereocenters. The van der Waals surface area contributed by atoms with Crippen molar-refractivity contribution in [2.24, 2.45) is 5.73 Å². The van der Waals surface area contributed by atoms with Crippen LogP contribution < -0.4 is 5.73 Å². The lowest BCUT2D eigenvalue weighted by atomic mass is 9.83. The molecular weight excluding hydrogens is 338 g/mol. The molecule has 0 heterocycles. The highest BCUT2D eigenvalue weighted by Crippen LogP contribution is 2.34. The van der Waals surface area contributed by atoms with Gasteiger partial charge in [0.25, 0.3) is 0 Å². The Balaban J connectivity index is 2.36. The van der Waals surface area contributed by atoms with E-state index in [0.29, 0.717) is 11.1 Å². The third kappa shape index (κ3) is 3.82. The van der Waals surface area contributed by atoms with E-state index in [1.54, 1.807) is 19.9 Å². The van der Waals surface area contributed by atoms with Gasteiger partial charge in [-0.3, -0.25) is 4.79 Å². The molecule has 1 amide bonds. The van der Waals surface area contributed by atoms with E-state index < -0.39 is 29.4 Å². The highest BCUT2D eigenvalue weighted by atomic mass is 19.4. The zero-order valence-electron chi connectivity index (χ0n) is 13.6. The van der Waals surface area contributed by atoms with E-state index in [1.165, 1.54) is 24.3 Å². The number of nitrogens with two attached hydrogens (primary N) is 1. The number of aliphatic hydroxyl groups excluding tert-OH is 1. The molecule has 0 saturated carbocycles. The lowest BCUT2D eigenvalue weighted by Gasteiger charge is -2.21. The van der Waals surface area contributed by atoms with Gasteiger partial charge in [-0.25, -0.2) is 4.39 Å². The molecule has 7 heteroatoms. The van der Waals surface area contributed by atoms with Gasteiger partial charge < -0.3 is 10.8 Å². The van der Waals surface area contributed by atoms with Crippen molar-refractivity contribution in [1.29, 1.82) is 0 Å². The molecule has 0 radical (unpaired) electrons. The number of amides is 1. The van der Waals surface area contributed by atoms with Crippen molar-refractivity contribution in [2.75, 3.05) is 0 Å². The number of alkyl halides is 3. The third-order valence-electron chi connectivity index (χ3n) is 4.15. The number of carbonyl (C=O) groups is 1. The molecule has 3 nitrogen and oxygen atoms in total. The van der Waals surface area contributed by atoms with Crippen molar-refractivity contribution in [3.63, 3.8) is 0 Å². The minimum absolute atomic E-state index is 0.164. The predicted molar refractivity (Wildman–Crippen MR) is 85.1 cm³/mol. The number of primary amides is 1. The first kappa shape index (κ1) is 18.9. The van der Waals surface area contributed by atoms with Gasteiger partial charge in [0.05, 0.1) is 5.41 Å². The maximum atomic E-state index is 14.4. The van der Waals surface area contributed by atoms with Crippen LogP contribution in [0.2, 0.25) is 0 Å². The van der Waals surface area contributed by atoms with Gasteiger partial charge in [-0.1, -0.05) is 36.4 Å². The predicted octanol–water partition coefficient (Wildman–Crippen LogP) is 3.85. The van der Waals surface area contributed by atoms with Gasteiger partial charge in [0.15, 0.2) is 6.10 Å². The molecule has 0 bridgehead atoms. The van der Waals surface area contributed by atoms with Crippen molar-refractivity contribution in [3.8, 4) is 11.1 Å². The molecule has 2 aromatic carbocycles. The van der Waals surface area contributed by atoms with Gasteiger partial charge in [-0.05, 0) is 36.6 Å². The number of carbonyl (C=O) groups excluding carboxylic acids is 1. The van der Waals surface area contributed by atoms with E-state index in [2.05, 4.69) is 0 Å². The Morgan fingerprint density at radius 2 is 1.64 bits per heavy atom. The summed E-state index contributed by atoms with van der Waals surface area (Å²) < 4.78 is 51.9. The first-order chi connectivity index (χ1) is 11.4. The van der Waals surface area contributed by atoms with Crippen LogP contribution in [0, 0.1) is 5.82 Å². The Morgan fingerprint density at radius 1 is 1.08 bits per heavy atom. The number of aliphatic hydroxyl groups is 1. The molecule has 0 spiro atoms. The van der Waals surface area contributed by atoms with E-state index in [0.717, 1.165) is 12.1 Å². The van der Waals surface area contributed by atoms with E-state index >= 15 is 0 Å². The second-order valence-corrected chi connectivity index (χ2v) is 6.25. The molecule has 0 aromatic heterocycles. The Bertz CT molecular complexity index is 783. The first-order valence-electron chi connectivity index (χ1n) is 7.39. The fourth-order valence-corrected chi connectivity index (χ4v) is 2.31. The van der Waals surface area contributed by atoms with E-state index in [4.69, 9.17) is 5.73 Å². The highest BCUT2D eigenvalue weighted by molar-refractivity contribution is 5.86. The van der Waals surface area contributed by atoms with Crippen LogP contribution in [0.1, 0.15) is 31.1 Å². The number of hydrogen-bond acceptors (Lipinski definition) is 2. The van der Waals surface area contributed by atoms with Crippen LogP contribution in [0.25, 0.3) is 11.1 Å². The van der Waals surface area contributed by atoms with Crippen LogP contribution in [0.3, 0.4) is 0 Å². The molecule has 0 aliphatic carbocycles. The molecule has 2 rings (SSSR count). The van der Waals surface area contributed by atoms with Gasteiger partial charge in [-0.15, -0.1) is 0 Å². The Kier molecular flexibility index (Phi) is 4.90. The minimum atomic E-state index is -4.77. The molecule has 134 valence electrons. The van der Waals surface area contributed by atoms with Crippen molar-refractivity contribution in [3.05, 3.63) is 59.4 Å². The summed E-state index contributed by atoms with van der Waals surface area (Å²) >= 11 is 0. The Labute approximate surface area is 142 Å². The number of benzene rings is 2. The van der Waals surface area contributed by atoms with Crippen LogP contribution in [-0.2, 0) is 10.2 Å². The normalized spacial score (nSPS) is 13.6. The van der Waals surface area contributed by atoms with Gasteiger partial charge in [-0.2, -0.15) is 13.2 Å². The lowest BCUT2D eigenvalue weighted by Crippen LogP contribution is -2.35. The number of hydrogen-bond donors (Lipinski definition) is 2. The standard InChI is InChI=1S/C18H17F4NO2/c1-17(2,16(23)25)12-7-8-13(14(19)9-12)10-3-5-11(6-4-10)15(24)18(20,21)22/h3-9,15,24H,1-2H3,(H2,23,25). The molecule has 0 saturated heterocycles. The Hall–Kier alpha value is -2.41. The zero-order valence-corrected chi connectivity index (χ0v) is 13.6. The fraction of sp³-hybridized carbons (Fsp3) is 0.278. The zero-order chi connectivity index (χ0) is 19.0. The van der Waals surface area contributed by atoms with E-state index in [-0.39, 0.29) is 11.1 Å². The van der Waals surface area contributed by atoms with Crippen molar-refractivity contribution in [1.82, 2.24) is 0 Å². The summed E-state index contributed by atoms with van der Waals surface area (Å²) in [5.41, 5.74) is 4.82.